The number of ether oxygens (including phenoxy) is 4. The number of carboxylic acid groups (broad SMARTS) is 1. The van der Waals surface area contributed by atoms with Crippen LogP contribution in [0.3, 0.4) is 0 Å². The van der Waals surface area contributed by atoms with E-state index in [-0.39, 0.29) is 29.6 Å². The van der Waals surface area contributed by atoms with Crippen molar-refractivity contribution in [3.63, 3.8) is 0 Å². The van der Waals surface area contributed by atoms with Crippen molar-refractivity contribution in [3.05, 3.63) is 70.7 Å². The number of carboxylic acids is 1. The molecule has 13 heteroatoms. The van der Waals surface area contributed by atoms with Crippen LogP contribution in [0, 0.1) is 23.1 Å². The predicted molar refractivity (Wildman–Crippen MR) is 161 cm³/mol. The molecular formula is C33H33FN6O6. The van der Waals surface area contributed by atoms with Crippen LogP contribution in [-0.4, -0.2) is 75.5 Å². The van der Waals surface area contributed by atoms with Crippen LogP contribution in [0.25, 0.3) is 11.0 Å². The maximum atomic E-state index is 14.8. The normalized spacial score (nSPS) is 22.0. The smallest absolute Gasteiger partial charge is 0.335 e. The van der Waals surface area contributed by atoms with Crippen molar-refractivity contribution in [1.82, 2.24) is 24.4 Å². The highest BCUT2D eigenvalue weighted by atomic mass is 19.1. The average Bonchev–Trinajstić information content (AvgIpc) is 3.68. The van der Waals surface area contributed by atoms with Crippen molar-refractivity contribution in [2.75, 3.05) is 33.9 Å². The van der Waals surface area contributed by atoms with Crippen LogP contribution in [0.5, 0.6) is 17.4 Å². The summed E-state index contributed by atoms with van der Waals surface area (Å²) < 4.78 is 39.3. The molecule has 2 aliphatic heterocycles. The Morgan fingerprint density at radius 2 is 2.04 bits per heavy atom. The fourth-order valence-electron chi connectivity index (χ4n) is 6.66. The molecule has 1 aliphatic carbocycles. The molecule has 12 nitrogen and oxygen atoms in total. The minimum absolute atomic E-state index is 0.0259. The molecule has 0 radical (unpaired) electrons. The van der Waals surface area contributed by atoms with E-state index in [1.54, 1.807) is 24.3 Å². The summed E-state index contributed by atoms with van der Waals surface area (Å²) in [6.07, 6.45) is 3.85. The minimum atomic E-state index is -1.03. The first-order valence-electron chi connectivity index (χ1n) is 15.2. The molecule has 3 unspecified atom stereocenters. The van der Waals surface area contributed by atoms with Gasteiger partial charge in [-0.3, -0.25) is 4.90 Å². The molecule has 1 saturated carbocycles. The highest BCUT2D eigenvalue weighted by Gasteiger charge is 2.59. The van der Waals surface area contributed by atoms with Gasteiger partial charge in [-0.15, -0.1) is 0 Å². The summed E-state index contributed by atoms with van der Waals surface area (Å²) in [5.74, 6) is 0.829. The topological polar surface area (TPSA) is 145 Å². The Balaban J connectivity index is 1.08. The number of carbonyl (C=O) groups is 1. The van der Waals surface area contributed by atoms with E-state index in [2.05, 4.69) is 25.5 Å². The quantitative estimate of drug-likeness (QED) is 0.256. The number of nitriles is 1. The lowest BCUT2D eigenvalue weighted by molar-refractivity contribution is -0.0592. The van der Waals surface area contributed by atoms with Gasteiger partial charge in [0.25, 0.3) is 5.88 Å². The van der Waals surface area contributed by atoms with Crippen molar-refractivity contribution >= 4 is 17.0 Å². The fraction of sp³-hybridized carbons (Fsp3) is 0.424. The van der Waals surface area contributed by atoms with Crippen molar-refractivity contribution in [2.24, 2.45) is 5.92 Å². The Hall–Kier alpha value is -4.80. The molecule has 2 aromatic heterocycles. The van der Waals surface area contributed by atoms with Crippen LogP contribution in [0.1, 0.15) is 52.4 Å². The first-order valence-corrected chi connectivity index (χ1v) is 15.2. The van der Waals surface area contributed by atoms with Crippen molar-refractivity contribution < 1.29 is 33.2 Å². The fourth-order valence-corrected chi connectivity index (χ4v) is 6.66. The zero-order valence-electron chi connectivity index (χ0n) is 25.5. The van der Waals surface area contributed by atoms with Gasteiger partial charge in [0.05, 0.1) is 62.3 Å². The van der Waals surface area contributed by atoms with Crippen molar-refractivity contribution in [1.29, 1.82) is 5.26 Å². The summed E-state index contributed by atoms with van der Waals surface area (Å²) in [6, 6.07) is 10.2. The van der Waals surface area contributed by atoms with Crippen LogP contribution in [0.2, 0.25) is 0 Å². The van der Waals surface area contributed by atoms with Crippen LogP contribution in [0.4, 0.5) is 4.39 Å². The number of piperidine rings is 1. The summed E-state index contributed by atoms with van der Waals surface area (Å²) in [4.78, 5) is 28.1. The van der Waals surface area contributed by atoms with E-state index in [4.69, 9.17) is 29.2 Å². The average molecular weight is 629 g/mol. The summed E-state index contributed by atoms with van der Waals surface area (Å²) in [5, 5.41) is 18.9. The van der Waals surface area contributed by atoms with Crippen LogP contribution in [0.15, 0.2) is 36.5 Å². The number of rotatable bonds is 11. The Bertz CT molecular complexity index is 1870. The summed E-state index contributed by atoms with van der Waals surface area (Å²) in [5.41, 5.74) is 2.37. The zero-order valence-corrected chi connectivity index (χ0v) is 25.5. The van der Waals surface area contributed by atoms with E-state index < -0.39 is 11.8 Å². The highest BCUT2D eigenvalue weighted by molar-refractivity contribution is 5.95. The SMILES string of the molecule is COc1cc(C#N)ccc1COc1nc(C23CCN(Cc4nc5c(OC)cc(C(=O)O)cc5n4CC4CCO4)CC2C3)ncc1F. The maximum Gasteiger partial charge on any atom is 0.335 e. The number of aromatic nitrogens is 4. The number of methoxy groups -OCH3 is 2. The minimum Gasteiger partial charge on any atom is -0.496 e. The van der Waals surface area contributed by atoms with E-state index in [1.807, 2.05) is 0 Å². The summed E-state index contributed by atoms with van der Waals surface area (Å²) in [7, 11) is 3.02. The van der Waals surface area contributed by atoms with Crippen LogP contribution < -0.4 is 14.2 Å². The molecule has 3 aliphatic rings. The van der Waals surface area contributed by atoms with E-state index >= 15 is 0 Å². The van der Waals surface area contributed by atoms with Gasteiger partial charge >= 0.3 is 5.97 Å². The summed E-state index contributed by atoms with van der Waals surface area (Å²) >= 11 is 0. The van der Waals surface area contributed by atoms with Gasteiger partial charge in [0.1, 0.15) is 35.3 Å². The Kier molecular flexibility index (Phi) is 7.70. The third-order valence-electron chi connectivity index (χ3n) is 9.43. The Morgan fingerprint density at radius 3 is 2.74 bits per heavy atom. The van der Waals surface area contributed by atoms with Gasteiger partial charge in [-0.1, -0.05) is 6.07 Å². The van der Waals surface area contributed by atoms with Gasteiger partial charge in [-0.05, 0) is 56.0 Å². The zero-order chi connectivity index (χ0) is 32.0. The molecule has 0 bridgehead atoms. The number of imidazole rings is 1. The van der Waals surface area contributed by atoms with Gasteiger partial charge in [0.15, 0.2) is 0 Å². The second-order valence-corrected chi connectivity index (χ2v) is 12.1. The van der Waals surface area contributed by atoms with Gasteiger partial charge in [-0.25, -0.2) is 14.8 Å². The summed E-state index contributed by atoms with van der Waals surface area (Å²) in [6.45, 7) is 3.45. The molecule has 0 amide bonds. The molecule has 2 aromatic carbocycles. The number of hydrogen-bond acceptors (Lipinski definition) is 10. The van der Waals surface area contributed by atoms with Gasteiger partial charge in [-0.2, -0.15) is 14.6 Å². The molecule has 2 saturated heterocycles. The lowest BCUT2D eigenvalue weighted by Gasteiger charge is -2.32. The first-order chi connectivity index (χ1) is 22.3. The predicted octanol–water partition coefficient (Wildman–Crippen LogP) is 4.08. The molecule has 3 fully saturated rings. The molecular weight excluding hydrogens is 595 g/mol. The molecule has 1 N–H and O–H groups in total. The van der Waals surface area contributed by atoms with Crippen LogP contribution >= 0.6 is 0 Å². The number of benzene rings is 2. The molecule has 238 valence electrons. The van der Waals surface area contributed by atoms with Gasteiger partial charge in [0, 0.05) is 24.1 Å². The molecule has 7 rings (SSSR count). The second kappa shape index (κ2) is 11.9. The Labute approximate surface area is 264 Å². The van der Waals surface area contributed by atoms with E-state index in [1.165, 1.54) is 26.5 Å². The third kappa shape index (κ3) is 5.37. The third-order valence-corrected chi connectivity index (χ3v) is 9.43. The van der Waals surface area contributed by atoms with E-state index in [0.717, 1.165) is 38.2 Å². The second-order valence-electron chi connectivity index (χ2n) is 12.1. The molecule has 4 aromatic rings. The number of likely N-dealkylation sites (tertiary alicyclic amines) is 1. The van der Waals surface area contributed by atoms with Gasteiger partial charge < -0.3 is 28.6 Å². The lowest BCUT2D eigenvalue weighted by atomic mass is 9.94. The number of aromatic carboxylic acids is 1. The van der Waals surface area contributed by atoms with Crippen molar-refractivity contribution in [3.8, 4) is 23.4 Å². The standard InChI is InChI=1S/C33H33FN6O6/c1-43-26-9-19(13-35)3-4-20(26)18-46-30-24(34)14-36-32(38-30)33-6-7-39(15-22(33)12-33)17-28-37-29-25(40(28)16-23-5-8-45-23)10-21(31(41)42)11-27(29)44-2/h3-4,9-11,14,22-23H,5-8,12,15-18H2,1-2H3,(H,41,42). The molecule has 0 spiro atoms. The van der Waals surface area contributed by atoms with Gasteiger partial charge in [0.2, 0.25) is 5.82 Å². The van der Waals surface area contributed by atoms with E-state index in [9.17, 15) is 14.3 Å². The number of halogens is 1. The molecule has 4 heterocycles. The number of nitrogens with zero attached hydrogens (tertiary/aromatic N) is 6. The van der Waals surface area contributed by atoms with Crippen molar-refractivity contribution in [2.45, 2.75) is 50.5 Å². The van der Waals surface area contributed by atoms with E-state index in [0.29, 0.717) is 65.1 Å². The first kappa shape index (κ1) is 29.9. The number of hydrogen-bond donors (Lipinski definition) is 1. The van der Waals surface area contributed by atoms with Crippen LogP contribution in [-0.2, 0) is 29.8 Å². The maximum absolute atomic E-state index is 14.8. The lowest BCUT2D eigenvalue weighted by Crippen LogP contribution is -2.38. The molecule has 46 heavy (non-hydrogen) atoms. The molecule has 3 atom stereocenters. The number of fused-ring (bicyclic) bond motifs is 2. The monoisotopic (exact) mass is 628 g/mol. The largest absolute Gasteiger partial charge is 0.496 e. The highest BCUT2D eigenvalue weighted by Crippen LogP contribution is 2.58. The Morgan fingerprint density at radius 1 is 1.22 bits per heavy atom.